The van der Waals surface area contributed by atoms with Crippen molar-refractivity contribution in [1.29, 1.82) is 5.26 Å². The number of rotatable bonds is 0. The van der Waals surface area contributed by atoms with Crippen molar-refractivity contribution in [3.8, 4) is 29.8 Å². The summed E-state index contributed by atoms with van der Waals surface area (Å²) in [6.07, 6.45) is 0. The first-order valence-electron chi connectivity index (χ1n) is 8.04. The minimum Gasteiger partial charge on any atom is -0.206 e. The van der Waals surface area contributed by atoms with Gasteiger partial charge in [-0.15, -0.1) is 0 Å². The molecule has 1 nitrogen and oxygen atoms in total. The predicted molar refractivity (Wildman–Crippen MR) is 101 cm³/mol. The summed E-state index contributed by atoms with van der Waals surface area (Å²) < 4.78 is 14.2. The molecule has 0 atom stereocenters. The highest BCUT2D eigenvalue weighted by Crippen LogP contribution is 2.10. The van der Waals surface area contributed by atoms with Crippen LogP contribution in [0.5, 0.6) is 0 Å². The van der Waals surface area contributed by atoms with Crippen LogP contribution in [0.2, 0.25) is 0 Å². The molecule has 3 aromatic carbocycles. The van der Waals surface area contributed by atoms with Crippen molar-refractivity contribution < 1.29 is 4.39 Å². The highest BCUT2D eigenvalue weighted by atomic mass is 19.1. The number of benzene rings is 3. The number of nitrogens with zero attached hydrogens (tertiary/aromatic N) is 1. The van der Waals surface area contributed by atoms with Gasteiger partial charge < -0.3 is 0 Å². The molecule has 0 aliphatic carbocycles. The molecule has 3 rings (SSSR count). The lowest BCUT2D eigenvalue weighted by Crippen LogP contribution is -1.86. The molecule has 0 unspecified atom stereocenters. The molecule has 0 heterocycles. The number of hydrogen-bond acceptors (Lipinski definition) is 1. The fourth-order valence-electron chi connectivity index (χ4n) is 2.24. The van der Waals surface area contributed by atoms with Crippen molar-refractivity contribution in [3.05, 3.63) is 106 Å². The molecule has 0 bridgehead atoms. The van der Waals surface area contributed by atoms with E-state index in [0.717, 1.165) is 16.7 Å². The van der Waals surface area contributed by atoms with Gasteiger partial charge in [0.25, 0.3) is 0 Å². The minimum absolute atomic E-state index is 0.342. The molecule has 0 N–H and O–H groups in total. The maximum absolute atomic E-state index is 14.2. The summed E-state index contributed by atoms with van der Waals surface area (Å²) in [6.45, 7) is 2.01. The molecule has 0 saturated carbocycles. The largest absolute Gasteiger partial charge is 0.206 e. The van der Waals surface area contributed by atoms with Crippen molar-refractivity contribution in [2.24, 2.45) is 0 Å². The molecule has 0 fully saturated rings. The number of aryl methyl sites for hydroxylation is 1. The lowest BCUT2D eigenvalue weighted by atomic mass is 10.1. The second-order valence-corrected chi connectivity index (χ2v) is 5.75. The van der Waals surface area contributed by atoms with Crippen molar-refractivity contribution in [3.63, 3.8) is 0 Å². The maximum atomic E-state index is 14.2. The fraction of sp³-hybridized carbons (Fsp3) is 0.0417. The van der Waals surface area contributed by atoms with Crippen molar-refractivity contribution in [2.75, 3.05) is 0 Å². The average Bonchev–Trinajstić information content (AvgIpc) is 2.67. The van der Waals surface area contributed by atoms with Crippen LogP contribution in [0.4, 0.5) is 4.39 Å². The third-order valence-electron chi connectivity index (χ3n) is 3.73. The summed E-state index contributed by atoms with van der Waals surface area (Å²) in [5.41, 5.74) is 4.28. The Morgan fingerprint density at radius 1 is 0.654 bits per heavy atom. The van der Waals surface area contributed by atoms with E-state index in [0.29, 0.717) is 16.7 Å². The van der Waals surface area contributed by atoms with E-state index in [-0.39, 0.29) is 0 Å². The van der Waals surface area contributed by atoms with E-state index >= 15 is 0 Å². The van der Waals surface area contributed by atoms with E-state index in [9.17, 15) is 4.39 Å². The molecule has 3 aromatic rings. The highest BCUT2D eigenvalue weighted by molar-refractivity contribution is 5.49. The number of halogens is 1. The van der Waals surface area contributed by atoms with Crippen molar-refractivity contribution in [1.82, 2.24) is 0 Å². The van der Waals surface area contributed by atoms with Crippen molar-refractivity contribution in [2.45, 2.75) is 6.92 Å². The summed E-state index contributed by atoms with van der Waals surface area (Å²) in [5, 5.41) is 8.78. The van der Waals surface area contributed by atoms with Crippen molar-refractivity contribution >= 4 is 0 Å². The summed E-state index contributed by atoms with van der Waals surface area (Å²) in [5.74, 6) is 11.3. The van der Waals surface area contributed by atoms with Gasteiger partial charge in [-0.1, -0.05) is 41.4 Å². The van der Waals surface area contributed by atoms with Gasteiger partial charge in [-0.3, -0.25) is 0 Å². The molecule has 122 valence electrons. The van der Waals surface area contributed by atoms with Gasteiger partial charge in [-0.05, 0) is 61.5 Å². The van der Waals surface area contributed by atoms with Crippen LogP contribution in [0.1, 0.15) is 33.4 Å². The monoisotopic (exact) mass is 335 g/mol. The molecular weight excluding hydrogens is 321 g/mol. The number of hydrogen-bond donors (Lipinski definition) is 0. The second-order valence-electron chi connectivity index (χ2n) is 5.75. The Bertz CT molecular complexity index is 1090. The first-order chi connectivity index (χ1) is 12.6. The summed E-state index contributed by atoms with van der Waals surface area (Å²) >= 11 is 0. The summed E-state index contributed by atoms with van der Waals surface area (Å²) in [4.78, 5) is 0. The van der Waals surface area contributed by atoms with Gasteiger partial charge in [0, 0.05) is 16.7 Å². The van der Waals surface area contributed by atoms with Gasteiger partial charge >= 0.3 is 0 Å². The SMILES string of the molecule is Cc1ccc(C#Cc2ccc(C#Cc3ccc(C#N)cc3)cc2F)cc1. The van der Waals surface area contributed by atoms with Gasteiger partial charge in [0.1, 0.15) is 5.82 Å². The van der Waals surface area contributed by atoms with E-state index < -0.39 is 5.82 Å². The van der Waals surface area contributed by atoms with Crippen LogP contribution in [0.15, 0.2) is 66.7 Å². The minimum atomic E-state index is -0.392. The molecule has 0 amide bonds. The average molecular weight is 335 g/mol. The second kappa shape index (κ2) is 7.85. The third kappa shape index (κ3) is 4.39. The molecule has 0 spiro atoms. The molecule has 0 aromatic heterocycles. The first-order valence-corrected chi connectivity index (χ1v) is 8.04. The van der Waals surface area contributed by atoms with Crippen LogP contribution in [0.3, 0.4) is 0 Å². The Morgan fingerprint density at radius 3 is 1.77 bits per heavy atom. The molecule has 2 heteroatoms. The standard InChI is InChI=1S/C24H14FN/c1-18-2-4-19(5-3-18)12-14-23-15-13-21(16-24(23)25)9-6-20-7-10-22(17-26)11-8-20/h2-5,7-8,10-11,13,15-16H,1H3. The van der Waals surface area contributed by atoms with Gasteiger partial charge in [-0.2, -0.15) is 5.26 Å². The topological polar surface area (TPSA) is 23.8 Å². The Labute approximate surface area is 152 Å². The fourth-order valence-corrected chi connectivity index (χ4v) is 2.24. The van der Waals surface area contributed by atoms with E-state index in [1.807, 2.05) is 31.2 Å². The molecule has 26 heavy (non-hydrogen) atoms. The predicted octanol–water partition coefficient (Wildman–Crippen LogP) is 4.81. The Hall–Kier alpha value is -3.80. The maximum Gasteiger partial charge on any atom is 0.140 e. The van der Waals surface area contributed by atoms with Crippen LogP contribution < -0.4 is 0 Å². The van der Waals surface area contributed by atoms with Gasteiger partial charge in [0.05, 0.1) is 17.2 Å². The molecule has 0 saturated heterocycles. The molecule has 0 aliphatic heterocycles. The van der Waals surface area contributed by atoms with Gasteiger partial charge in [0.15, 0.2) is 0 Å². The summed E-state index contributed by atoms with van der Waals surface area (Å²) in [7, 11) is 0. The van der Waals surface area contributed by atoms with Gasteiger partial charge in [-0.25, -0.2) is 4.39 Å². The Morgan fingerprint density at radius 2 is 1.15 bits per heavy atom. The van der Waals surface area contributed by atoms with E-state index in [4.69, 9.17) is 5.26 Å². The number of nitriles is 1. The van der Waals surface area contributed by atoms with Crippen LogP contribution in [0, 0.1) is 47.8 Å². The lowest BCUT2D eigenvalue weighted by Gasteiger charge is -1.96. The Balaban J connectivity index is 1.79. The van der Waals surface area contributed by atoms with Crippen LogP contribution >= 0.6 is 0 Å². The third-order valence-corrected chi connectivity index (χ3v) is 3.73. The van der Waals surface area contributed by atoms with Gasteiger partial charge in [0.2, 0.25) is 0 Å². The zero-order valence-electron chi connectivity index (χ0n) is 14.2. The van der Waals surface area contributed by atoms with E-state index in [2.05, 4.69) is 29.8 Å². The zero-order valence-corrected chi connectivity index (χ0v) is 14.2. The van der Waals surface area contributed by atoms with Crippen LogP contribution in [-0.2, 0) is 0 Å². The lowest BCUT2D eigenvalue weighted by molar-refractivity contribution is 0.624. The Kier molecular flexibility index (Phi) is 5.14. The molecule has 0 radical (unpaired) electrons. The van der Waals surface area contributed by atoms with Crippen LogP contribution in [0.25, 0.3) is 0 Å². The highest BCUT2D eigenvalue weighted by Gasteiger charge is 2.00. The smallest absolute Gasteiger partial charge is 0.140 e. The van der Waals surface area contributed by atoms with E-state index in [1.165, 1.54) is 6.07 Å². The summed E-state index contributed by atoms with van der Waals surface area (Å²) in [6, 6.07) is 21.5. The first kappa shape index (κ1) is 17.0. The zero-order chi connectivity index (χ0) is 18.4. The van der Waals surface area contributed by atoms with Crippen LogP contribution in [-0.4, -0.2) is 0 Å². The normalized spacial score (nSPS) is 9.27. The molecular formula is C24H14FN. The van der Waals surface area contributed by atoms with E-state index in [1.54, 1.807) is 36.4 Å². The quantitative estimate of drug-likeness (QED) is 0.541. The molecule has 0 aliphatic rings.